The van der Waals surface area contributed by atoms with Gasteiger partial charge in [-0.1, -0.05) is 12.1 Å². The number of rotatable bonds is 4. The molecule has 1 aliphatic carbocycles. The lowest BCUT2D eigenvalue weighted by Gasteiger charge is -2.22. The molecule has 2 aromatic heterocycles. The van der Waals surface area contributed by atoms with E-state index in [1.807, 2.05) is 50.7 Å². The Morgan fingerprint density at radius 1 is 1.23 bits per heavy atom. The van der Waals surface area contributed by atoms with Gasteiger partial charge in [-0.2, -0.15) is 0 Å². The summed E-state index contributed by atoms with van der Waals surface area (Å²) in [6.07, 6.45) is 6.68. The fourth-order valence-electron chi connectivity index (χ4n) is 3.55. The molecule has 0 radical (unpaired) electrons. The van der Waals surface area contributed by atoms with E-state index in [0.717, 1.165) is 29.7 Å². The van der Waals surface area contributed by atoms with Crippen LogP contribution >= 0.6 is 0 Å². The van der Waals surface area contributed by atoms with Crippen molar-refractivity contribution >= 4 is 17.9 Å². The maximum Gasteiger partial charge on any atom is 0.408 e. The van der Waals surface area contributed by atoms with Crippen molar-refractivity contribution in [2.45, 2.75) is 45.3 Å². The number of carbonyl (C=O) groups excluding carboxylic acids is 1. The van der Waals surface area contributed by atoms with Gasteiger partial charge in [-0.25, -0.2) is 19.7 Å². The lowest BCUT2D eigenvalue weighted by Crippen LogP contribution is -2.34. The lowest BCUT2D eigenvalue weighted by molar-refractivity contribution is 0.0503. The summed E-state index contributed by atoms with van der Waals surface area (Å²) in [5.74, 6) is 1.19. The molecule has 0 saturated carbocycles. The van der Waals surface area contributed by atoms with Crippen molar-refractivity contribution in [3.8, 4) is 11.3 Å². The van der Waals surface area contributed by atoms with Crippen LogP contribution in [-0.4, -0.2) is 31.2 Å². The highest BCUT2D eigenvalue weighted by Gasteiger charge is 2.26. The molecule has 1 amide bonds. The van der Waals surface area contributed by atoms with Crippen LogP contribution in [-0.2, 0) is 18.2 Å². The number of ether oxygens (including phenoxy) is 1. The summed E-state index contributed by atoms with van der Waals surface area (Å²) in [6.45, 7) is 5.58. The monoisotopic (exact) mass is 406 g/mol. The third kappa shape index (κ3) is 4.59. The molecule has 8 nitrogen and oxygen atoms in total. The van der Waals surface area contributed by atoms with Crippen molar-refractivity contribution in [1.29, 1.82) is 0 Å². The van der Waals surface area contributed by atoms with Crippen molar-refractivity contribution in [1.82, 2.24) is 24.8 Å². The van der Waals surface area contributed by atoms with Gasteiger partial charge in [-0.15, -0.1) is 0 Å². The van der Waals surface area contributed by atoms with Gasteiger partial charge in [-0.3, -0.25) is 0 Å². The topological polar surface area (TPSA) is 94.0 Å². The molecular weight excluding hydrogens is 380 g/mol. The third-order valence-electron chi connectivity index (χ3n) is 4.81. The number of hydrogen-bond donors (Lipinski definition) is 2. The van der Waals surface area contributed by atoms with Crippen molar-refractivity contribution in [3.05, 3.63) is 54.1 Å². The molecule has 1 aliphatic rings. The number of carbonyl (C=O) groups is 1. The van der Waals surface area contributed by atoms with E-state index in [4.69, 9.17) is 4.74 Å². The average Bonchev–Trinajstić information content (AvgIpc) is 3.26. The molecule has 0 fully saturated rings. The smallest absolute Gasteiger partial charge is 0.408 e. The van der Waals surface area contributed by atoms with E-state index in [2.05, 4.69) is 37.7 Å². The lowest BCUT2D eigenvalue weighted by atomic mass is 10.0. The molecule has 2 N–H and O–H groups in total. The van der Waals surface area contributed by atoms with Gasteiger partial charge in [0.25, 0.3) is 0 Å². The zero-order valence-electron chi connectivity index (χ0n) is 17.6. The number of alkyl carbamates (subject to hydrolysis) is 1. The third-order valence-corrected chi connectivity index (χ3v) is 4.81. The van der Waals surface area contributed by atoms with Gasteiger partial charge >= 0.3 is 6.09 Å². The van der Waals surface area contributed by atoms with Gasteiger partial charge in [0.05, 0.1) is 18.1 Å². The summed E-state index contributed by atoms with van der Waals surface area (Å²) in [5.41, 5.74) is 3.67. The molecule has 1 aromatic carbocycles. The summed E-state index contributed by atoms with van der Waals surface area (Å²) < 4.78 is 7.25. The minimum absolute atomic E-state index is 0.0318. The van der Waals surface area contributed by atoms with Gasteiger partial charge in [0.2, 0.25) is 5.95 Å². The zero-order valence-corrected chi connectivity index (χ0v) is 17.6. The van der Waals surface area contributed by atoms with Gasteiger partial charge in [0.1, 0.15) is 5.60 Å². The van der Waals surface area contributed by atoms with E-state index in [0.29, 0.717) is 11.8 Å². The first-order valence-corrected chi connectivity index (χ1v) is 9.97. The Morgan fingerprint density at radius 3 is 2.80 bits per heavy atom. The van der Waals surface area contributed by atoms with Crippen LogP contribution in [0.4, 0.5) is 16.6 Å². The quantitative estimate of drug-likeness (QED) is 0.676. The maximum absolute atomic E-state index is 12.1. The number of nitrogens with one attached hydrogen (secondary N) is 2. The molecule has 1 atom stereocenters. The molecule has 0 saturated heterocycles. The minimum Gasteiger partial charge on any atom is -0.444 e. The first kappa shape index (κ1) is 19.9. The van der Waals surface area contributed by atoms with Crippen molar-refractivity contribution in [2.24, 2.45) is 7.05 Å². The Labute approximate surface area is 175 Å². The largest absolute Gasteiger partial charge is 0.444 e. The zero-order chi connectivity index (χ0) is 21.3. The Morgan fingerprint density at radius 2 is 2.07 bits per heavy atom. The van der Waals surface area contributed by atoms with Crippen LogP contribution in [0.1, 0.15) is 44.4 Å². The van der Waals surface area contributed by atoms with E-state index < -0.39 is 5.60 Å². The molecule has 3 aromatic rings. The van der Waals surface area contributed by atoms with Crippen LogP contribution in [0.2, 0.25) is 0 Å². The van der Waals surface area contributed by atoms with Crippen LogP contribution in [0.3, 0.4) is 0 Å². The predicted octanol–water partition coefficient (Wildman–Crippen LogP) is 4.13. The minimum atomic E-state index is -0.511. The maximum atomic E-state index is 12.1. The van der Waals surface area contributed by atoms with Gasteiger partial charge in [0, 0.05) is 25.0 Å². The van der Waals surface area contributed by atoms with Crippen molar-refractivity contribution in [2.75, 3.05) is 5.32 Å². The number of hydrogen-bond acceptors (Lipinski definition) is 6. The fraction of sp³-hybridized carbons (Fsp3) is 0.364. The summed E-state index contributed by atoms with van der Waals surface area (Å²) >= 11 is 0. The molecule has 0 bridgehead atoms. The highest BCUT2D eigenvalue weighted by Crippen LogP contribution is 2.34. The SMILES string of the molecule is Cn1cnc(Nc2nccc(-c3ccc4c(c3)CCC4NC(=O)OC(C)(C)C)n2)c1. The Kier molecular flexibility index (Phi) is 5.15. The molecule has 30 heavy (non-hydrogen) atoms. The van der Waals surface area contributed by atoms with E-state index in [9.17, 15) is 4.79 Å². The normalized spacial score (nSPS) is 15.5. The second-order valence-electron chi connectivity index (χ2n) is 8.47. The Balaban J connectivity index is 1.50. The van der Waals surface area contributed by atoms with Gasteiger partial charge in [-0.05, 0) is 56.9 Å². The summed E-state index contributed by atoms with van der Waals surface area (Å²) in [7, 11) is 1.91. The number of nitrogens with zero attached hydrogens (tertiary/aromatic N) is 4. The van der Waals surface area contributed by atoms with Crippen molar-refractivity contribution in [3.63, 3.8) is 0 Å². The number of imidazole rings is 1. The summed E-state index contributed by atoms with van der Waals surface area (Å²) in [5, 5.41) is 6.10. The molecule has 4 rings (SSSR count). The summed E-state index contributed by atoms with van der Waals surface area (Å²) in [6, 6.07) is 8.08. The molecule has 156 valence electrons. The van der Waals surface area contributed by atoms with E-state index >= 15 is 0 Å². The van der Waals surface area contributed by atoms with E-state index in [-0.39, 0.29) is 12.1 Å². The average molecular weight is 406 g/mol. The van der Waals surface area contributed by atoms with E-state index in [1.165, 1.54) is 5.56 Å². The Hall–Kier alpha value is -3.42. The number of amides is 1. The number of aromatic nitrogens is 4. The fourth-order valence-corrected chi connectivity index (χ4v) is 3.55. The van der Waals surface area contributed by atoms with E-state index in [1.54, 1.807) is 12.5 Å². The highest BCUT2D eigenvalue weighted by molar-refractivity contribution is 5.69. The molecule has 0 spiro atoms. The molecule has 8 heteroatoms. The van der Waals surface area contributed by atoms with Crippen LogP contribution in [0.5, 0.6) is 0 Å². The number of benzene rings is 1. The van der Waals surface area contributed by atoms with Gasteiger partial charge < -0.3 is 19.9 Å². The predicted molar refractivity (Wildman–Crippen MR) is 114 cm³/mol. The number of anilines is 2. The summed E-state index contributed by atoms with van der Waals surface area (Å²) in [4.78, 5) is 25.3. The van der Waals surface area contributed by atoms with Crippen LogP contribution < -0.4 is 10.6 Å². The standard InChI is InChI=1S/C22H26N6O2/c1-22(2,3)30-21(29)26-18-8-6-14-11-15(5-7-16(14)18)17-9-10-23-20(25-17)27-19-12-28(4)13-24-19/h5,7,9-13,18H,6,8H2,1-4H3,(H,26,29)(H,23,25,27). The highest BCUT2D eigenvalue weighted by atomic mass is 16.6. The number of aryl methyl sites for hydroxylation is 2. The first-order valence-electron chi connectivity index (χ1n) is 9.97. The first-order chi connectivity index (χ1) is 14.3. The number of fused-ring (bicyclic) bond motifs is 1. The molecular formula is C22H26N6O2. The second-order valence-corrected chi connectivity index (χ2v) is 8.47. The van der Waals surface area contributed by atoms with Crippen molar-refractivity contribution < 1.29 is 9.53 Å². The second kappa shape index (κ2) is 7.78. The molecule has 2 heterocycles. The van der Waals surface area contributed by atoms with Crippen LogP contribution in [0.15, 0.2) is 43.0 Å². The van der Waals surface area contributed by atoms with Gasteiger partial charge in [0.15, 0.2) is 5.82 Å². The van der Waals surface area contributed by atoms with Crippen LogP contribution in [0.25, 0.3) is 11.3 Å². The Bertz CT molecular complexity index is 1070. The molecule has 1 unspecified atom stereocenters. The van der Waals surface area contributed by atoms with Crippen LogP contribution in [0, 0.1) is 0 Å². The molecule has 0 aliphatic heterocycles.